The molecule has 6 heteroatoms. The summed E-state index contributed by atoms with van der Waals surface area (Å²) in [5, 5.41) is 10.2. The van der Waals surface area contributed by atoms with Crippen LogP contribution in [0.25, 0.3) is 0 Å². The highest BCUT2D eigenvalue weighted by Gasteiger charge is 2.33. The number of nitrogens with two attached hydrogens (primary N) is 1. The average molecular weight is 311 g/mol. The molecule has 3 nitrogen and oxygen atoms in total. The maximum absolute atomic E-state index is 12.4. The van der Waals surface area contributed by atoms with Gasteiger partial charge in [0.1, 0.15) is 5.75 Å². The van der Waals surface area contributed by atoms with Crippen molar-refractivity contribution < 1.29 is 23.0 Å². The first kappa shape index (κ1) is 16.3. The first-order chi connectivity index (χ1) is 10.4. The third kappa shape index (κ3) is 4.47. The van der Waals surface area contributed by atoms with E-state index in [1.807, 2.05) is 30.3 Å². The lowest BCUT2D eigenvalue weighted by molar-refractivity contribution is -0.275. The Labute approximate surface area is 126 Å². The van der Waals surface area contributed by atoms with Crippen LogP contribution in [-0.4, -0.2) is 17.6 Å². The zero-order valence-electron chi connectivity index (χ0n) is 11.6. The van der Waals surface area contributed by atoms with E-state index in [1.165, 1.54) is 18.2 Å². The van der Waals surface area contributed by atoms with Gasteiger partial charge in [0.15, 0.2) is 0 Å². The summed E-state index contributed by atoms with van der Waals surface area (Å²) in [7, 11) is 0. The average Bonchev–Trinajstić information content (AvgIpc) is 2.46. The van der Waals surface area contributed by atoms with Crippen molar-refractivity contribution in [2.45, 2.75) is 24.9 Å². The molecule has 0 heterocycles. The van der Waals surface area contributed by atoms with Gasteiger partial charge in [-0.05, 0) is 11.6 Å². The van der Waals surface area contributed by atoms with Crippen molar-refractivity contribution in [2.24, 2.45) is 5.73 Å². The highest BCUT2D eigenvalue weighted by atomic mass is 19.4. The van der Waals surface area contributed by atoms with Crippen LogP contribution >= 0.6 is 0 Å². The van der Waals surface area contributed by atoms with Crippen LogP contribution in [0.5, 0.6) is 5.75 Å². The molecule has 0 unspecified atom stereocenters. The van der Waals surface area contributed by atoms with Crippen LogP contribution in [0.3, 0.4) is 0 Å². The number of para-hydroxylation sites is 1. The zero-order chi connectivity index (χ0) is 16.2. The third-order valence-electron chi connectivity index (χ3n) is 3.21. The van der Waals surface area contributed by atoms with E-state index in [0.29, 0.717) is 0 Å². The molecule has 0 bridgehead atoms. The first-order valence-corrected chi connectivity index (χ1v) is 6.69. The molecule has 0 aliphatic rings. The van der Waals surface area contributed by atoms with Gasteiger partial charge in [-0.25, -0.2) is 0 Å². The lowest BCUT2D eigenvalue weighted by Gasteiger charge is -2.22. The van der Waals surface area contributed by atoms with E-state index in [0.717, 1.165) is 5.56 Å². The number of hydrogen-bond acceptors (Lipinski definition) is 3. The number of aliphatic hydroxyl groups excluding tert-OH is 1. The fraction of sp³-hybridized carbons (Fsp3) is 0.250. The molecule has 2 rings (SSSR count). The predicted octanol–water partition coefficient (Wildman–Crippen LogP) is 3.19. The molecule has 0 amide bonds. The van der Waals surface area contributed by atoms with Gasteiger partial charge in [-0.3, -0.25) is 0 Å². The van der Waals surface area contributed by atoms with E-state index in [4.69, 9.17) is 5.73 Å². The Hall–Kier alpha value is -2.05. The van der Waals surface area contributed by atoms with Gasteiger partial charge in [0.2, 0.25) is 0 Å². The molecule has 0 saturated heterocycles. The Balaban J connectivity index is 2.16. The summed E-state index contributed by atoms with van der Waals surface area (Å²) in [5.74, 6) is -0.394. The van der Waals surface area contributed by atoms with E-state index < -0.39 is 24.3 Å². The van der Waals surface area contributed by atoms with Crippen LogP contribution in [0.4, 0.5) is 13.2 Å². The lowest BCUT2D eigenvalue weighted by atomic mass is 9.96. The molecular formula is C16H16F3NO2. The Kier molecular flexibility index (Phi) is 5.05. The van der Waals surface area contributed by atoms with Crippen molar-refractivity contribution in [2.75, 3.05) is 0 Å². The summed E-state index contributed by atoms with van der Waals surface area (Å²) in [6.45, 7) is 0. The van der Waals surface area contributed by atoms with Crippen LogP contribution < -0.4 is 10.5 Å². The largest absolute Gasteiger partial charge is 0.573 e. The molecule has 2 aromatic rings. The molecule has 0 fully saturated rings. The monoisotopic (exact) mass is 311 g/mol. The summed E-state index contributed by atoms with van der Waals surface area (Å²) < 4.78 is 41.2. The maximum Gasteiger partial charge on any atom is 0.573 e. The second-order valence-corrected chi connectivity index (χ2v) is 4.87. The Bertz CT molecular complexity index is 602. The van der Waals surface area contributed by atoms with Gasteiger partial charge >= 0.3 is 6.36 Å². The van der Waals surface area contributed by atoms with E-state index >= 15 is 0 Å². The van der Waals surface area contributed by atoms with Gasteiger partial charge in [-0.15, -0.1) is 13.2 Å². The number of aliphatic hydroxyl groups is 1. The van der Waals surface area contributed by atoms with Crippen molar-refractivity contribution in [3.8, 4) is 5.75 Å². The van der Waals surface area contributed by atoms with Gasteiger partial charge in [-0.2, -0.15) is 0 Å². The molecule has 0 spiro atoms. The molecule has 0 radical (unpaired) electrons. The van der Waals surface area contributed by atoms with Gasteiger partial charge < -0.3 is 15.6 Å². The van der Waals surface area contributed by atoms with Crippen molar-refractivity contribution in [3.63, 3.8) is 0 Å². The summed E-state index contributed by atoms with van der Waals surface area (Å²) in [4.78, 5) is 0. The van der Waals surface area contributed by atoms with E-state index in [1.54, 1.807) is 6.07 Å². The fourth-order valence-electron chi connectivity index (χ4n) is 2.16. The number of ether oxygens (including phenoxy) is 1. The molecule has 0 aliphatic carbocycles. The summed E-state index contributed by atoms with van der Waals surface area (Å²) in [6, 6.07) is 13.7. The molecule has 0 saturated carbocycles. The standard InChI is InChI=1S/C16H16F3NO2/c17-16(18,19)22-14-9-5-4-8-12(14)15(20)13(21)10-11-6-2-1-3-7-11/h1-9,13,15,21H,10,20H2/t13-,15+/m0/s1. The van der Waals surface area contributed by atoms with E-state index in [9.17, 15) is 18.3 Å². The molecule has 2 atom stereocenters. The SMILES string of the molecule is N[C@H](c1ccccc1OC(F)(F)F)[C@@H](O)Cc1ccccc1. The number of benzene rings is 2. The van der Waals surface area contributed by atoms with Crippen molar-refractivity contribution in [1.82, 2.24) is 0 Å². The predicted molar refractivity (Wildman–Crippen MR) is 76.2 cm³/mol. The van der Waals surface area contributed by atoms with Crippen LogP contribution in [0.15, 0.2) is 54.6 Å². The second kappa shape index (κ2) is 6.81. The van der Waals surface area contributed by atoms with Gasteiger partial charge in [0, 0.05) is 12.0 Å². The maximum atomic E-state index is 12.4. The fourth-order valence-corrected chi connectivity index (χ4v) is 2.16. The minimum atomic E-state index is -4.81. The number of halogens is 3. The molecule has 118 valence electrons. The van der Waals surface area contributed by atoms with Crippen LogP contribution in [0.1, 0.15) is 17.2 Å². The zero-order valence-corrected chi connectivity index (χ0v) is 11.6. The highest BCUT2D eigenvalue weighted by Crippen LogP contribution is 2.31. The van der Waals surface area contributed by atoms with E-state index in [2.05, 4.69) is 4.74 Å². The lowest BCUT2D eigenvalue weighted by Crippen LogP contribution is -2.29. The first-order valence-electron chi connectivity index (χ1n) is 6.69. The summed E-state index contributed by atoms with van der Waals surface area (Å²) in [6.07, 6.45) is -5.59. The number of alkyl halides is 3. The number of rotatable bonds is 5. The van der Waals surface area contributed by atoms with Crippen LogP contribution in [-0.2, 0) is 6.42 Å². The minimum Gasteiger partial charge on any atom is -0.405 e. The van der Waals surface area contributed by atoms with Crippen LogP contribution in [0.2, 0.25) is 0 Å². The molecule has 22 heavy (non-hydrogen) atoms. The Morgan fingerprint density at radius 1 is 1.00 bits per heavy atom. The van der Waals surface area contributed by atoms with Gasteiger partial charge in [0.25, 0.3) is 0 Å². The van der Waals surface area contributed by atoms with Crippen molar-refractivity contribution in [3.05, 3.63) is 65.7 Å². The molecule has 0 aliphatic heterocycles. The second-order valence-electron chi connectivity index (χ2n) is 4.87. The third-order valence-corrected chi connectivity index (χ3v) is 3.21. The summed E-state index contributed by atoms with van der Waals surface area (Å²) in [5.41, 5.74) is 6.87. The molecule has 0 aromatic heterocycles. The van der Waals surface area contributed by atoms with Crippen LogP contribution in [0, 0.1) is 0 Å². The highest BCUT2D eigenvalue weighted by molar-refractivity contribution is 5.36. The summed E-state index contributed by atoms with van der Waals surface area (Å²) >= 11 is 0. The quantitative estimate of drug-likeness (QED) is 0.891. The molecular weight excluding hydrogens is 295 g/mol. The van der Waals surface area contributed by atoms with Gasteiger partial charge in [0.05, 0.1) is 12.1 Å². The molecule has 3 N–H and O–H groups in total. The molecule has 2 aromatic carbocycles. The topological polar surface area (TPSA) is 55.5 Å². The van der Waals surface area contributed by atoms with Gasteiger partial charge in [-0.1, -0.05) is 48.5 Å². The van der Waals surface area contributed by atoms with Crippen molar-refractivity contribution >= 4 is 0 Å². The van der Waals surface area contributed by atoms with E-state index in [-0.39, 0.29) is 12.0 Å². The Morgan fingerprint density at radius 3 is 2.23 bits per heavy atom. The minimum absolute atomic E-state index is 0.114. The smallest absolute Gasteiger partial charge is 0.405 e. The number of hydrogen-bond donors (Lipinski definition) is 2. The normalized spacial score (nSPS) is 14.4. The van der Waals surface area contributed by atoms with Crippen molar-refractivity contribution in [1.29, 1.82) is 0 Å². The Morgan fingerprint density at radius 2 is 1.59 bits per heavy atom.